The summed E-state index contributed by atoms with van der Waals surface area (Å²) in [6, 6.07) is 14.6. The summed E-state index contributed by atoms with van der Waals surface area (Å²) in [5.41, 5.74) is 4.15. The maximum Gasteiger partial charge on any atom is 0.270 e. The highest BCUT2D eigenvalue weighted by molar-refractivity contribution is 6.42. The Labute approximate surface area is 250 Å². The molecule has 2 fully saturated rings. The van der Waals surface area contributed by atoms with Crippen molar-refractivity contribution in [3.05, 3.63) is 92.7 Å². The number of rotatable bonds is 6. The predicted octanol–water partition coefficient (Wildman–Crippen LogP) is 4.86. The first kappa shape index (κ1) is 29.2. The molecule has 3 amide bonds. The topological polar surface area (TPSA) is 88.8 Å². The number of halogens is 2. The van der Waals surface area contributed by atoms with Gasteiger partial charge in [-0.05, 0) is 68.7 Å². The van der Waals surface area contributed by atoms with Crippen molar-refractivity contribution in [2.45, 2.75) is 38.8 Å². The van der Waals surface area contributed by atoms with E-state index in [1.165, 1.54) is 0 Å². The summed E-state index contributed by atoms with van der Waals surface area (Å²) in [7, 11) is 0. The van der Waals surface area contributed by atoms with Crippen LogP contribution in [0.1, 0.15) is 56.4 Å². The molecule has 2 saturated heterocycles. The van der Waals surface area contributed by atoms with Gasteiger partial charge in [-0.25, -0.2) is 0 Å². The fourth-order valence-electron chi connectivity index (χ4n) is 5.81. The second-order valence-corrected chi connectivity index (χ2v) is 11.7. The Kier molecular flexibility index (Phi) is 9.02. The first-order valence-electron chi connectivity index (χ1n) is 14.0. The van der Waals surface area contributed by atoms with Crippen molar-refractivity contribution in [2.75, 3.05) is 39.3 Å². The highest BCUT2D eigenvalue weighted by atomic mass is 35.5. The van der Waals surface area contributed by atoms with E-state index in [2.05, 4.69) is 10.3 Å². The van der Waals surface area contributed by atoms with Gasteiger partial charge in [-0.15, -0.1) is 0 Å². The van der Waals surface area contributed by atoms with E-state index in [9.17, 15) is 14.4 Å². The zero-order valence-corrected chi connectivity index (χ0v) is 24.8. The van der Waals surface area contributed by atoms with Crippen molar-refractivity contribution in [2.24, 2.45) is 0 Å². The number of nitrogens with one attached hydrogen (secondary N) is 2. The molecule has 2 aliphatic heterocycles. The Morgan fingerprint density at radius 3 is 2.27 bits per heavy atom. The van der Waals surface area contributed by atoms with Gasteiger partial charge in [0.25, 0.3) is 11.8 Å². The van der Waals surface area contributed by atoms with E-state index >= 15 is 0 Å². The molecule has 0 saturated carbocycles. The van der Waals surface area contributed by atoms with E-state index in [1.54, 1.807) is 24.4 Å². The van der Waals surface area contributed by atoms with Crippen molar-refractivity contribution in [3.8, 4) is 0 Å². The van der Waals surface area contributed by atoms with Crippen molar-refractivity contribution in [3.63, 3.8) is 0 Å². The molecular formula is C31H35Cl2N5O3. The number of benzene rings is 2. The summed E-state index contributed by atoms with van der Waals surface area (Å²) < 4.78 is 0. The third-order valence-corrected chi connectivity index (χ3v) is 8.68. The molecule has 216 valence electrons. The lowest BCUT2D eigenvalue weighted by Crippen LogP contribution is -2.55. The molecule has 10 heteroatoms. The minimum Gasteiger partial charge on any atom is -0.357 e. The Balaban J connectivity index is 1.24. The first-order valence-corrected chi connectivity index (χ1v) is 14.7. The molecule has 1 aromatic heterocycles. The SMILES string of the molecule is Cc1cc(C)cc(C(=O)N2CCN(C(=O)CNC3CCN(C(=O)c4ccc[nH]4)CC3)C(c3ccc(Cl)c(Cl)c3)C2)c1. The average Bonchev–Trinajstić information content (AvgIpc) is 3.51. The minimum absolute atomic E-state index is 0.00207. The minimum atomic E-state index is -0.358. The van der Waals surface area contributed by atoms with Crippen LogP contribution in [0.25, 0.3) is 0 Å². The third kappa shape index (κ3) is 6.77. The molecule has 5 rings (SSSR count). The number of amides is 3. The summed E-state index contributed by atoms with van der Waals surface area (Å²) in [5, 5.41) is 4.26. The molecule has 0 aliphatic carbocycles. The van der Waals surface area contributed by atoms with Gasteiger partial charge in [0.05, 0.1) is 22.6 Å². The van der Waals surface area contributed by atoms with Crippen molar-refractivity contribution in [1.29, 1.82) is 0 Å². The van der Waals surface area contributed by atoms with Gasteiger partial charge in [-0.2, -0.15) is 0 Å². The third-order valence-electron chi connectivity index (χ3n) is 7.94. The number of hydrogen-bond acceptors (Lipinski definition) is 4. The number of carbonyl (C=O) groups excluding carboxylic acids is 3. The van der Waals surface area contributed by atoms with Crippen LogP contribution in [0.2, 0.25) is 10.0 Å². The van der Waals surface area contributed by atoms with Gasteiger partial charge in [-0.3, -0.25) is 14.4 Å². The van der Waals surface area contributed by atoms with Crippen LogP contribution in [-0.4, -0.2) is 82.7 Å². The molecule has 0 spiro atoms. The van der Waals surface area contributed by atoms with Crippen LogP contribution in [0, 0.1) is 13.8 Å². The maximum absolute atomic E-state index is 13.6. The number of hydrogen-bond donors (Lipinski definition) is 2. The Bertz CT molecular complexity index is 1400. The fraction of sp³-hybridized carbons (Fsp3) is 0.387. The Morgan fingerprint density at radius 2 is 1.61 bits per heavy atom. The average molecular weight is 597 g/mol. The number of piperidine rings is 1. The lowest BCUT2D eigenvalue weighted by atomic mass is 10.00. The number of aromatic nitrogens is 1. The van der Waals surface area contributed by atoms with Crippen molar-refractivity contribution >= 4 is 40.9 Å². The zero-order valence-electron chi connectivity index (χ0n) is 23.3. The van der Waals surface area contributed by atoms with Gasteiger partial charge in [0.2, 0.25) is 5.91 Å². The second-order valence-electron chi connectivity index (χ2n) is 10.9. The second kappa shape index (κ2) is 12.7. The van der Waals surface area contributed by atoms with Crippen LogP contribution >= 0.6 is 23.2 Å². The van der Waals surface area contributed by atoms with Gasteiger partial charge in [0.15, 0.2) is 0 Å². The summed E-state index contributed by atoms with van der Waals surface area (Å²) in [6.45, 7) is 6.61. The van der Waals surface area contributed by atoms with Gasteiger partial charge in [0, 0.05) is 50.5 Å². The highest BCUT2D eigenvalue weighted by Gasteiger charge is 2.34. The summed E-state index contributed by atoms with van der Waals surface area (Å²) in [6.07, 6.45) is 3.29. The number of nitrogens with zero attached hydrogens (tertiary/aromatic N) is 3. The lowest BCUT2D eigenvalue weighted by Gasteiger charge is -2.42. The molecule has 2 aliphatic rings. The normalized spacial score (nSPS) is 18.0. The number of H-pyrrole nitrogens is 1. The molecule has 0 radical (unpaired) electrons. The molecule has 3 aromatic rings. The van der Waals surface area contributed by atoms with Gasteiger partial charge in [-0.1, -0.05) is 46.5 Å². The van der Waals surface area contributed by atoms with E-state index in [1.807, 2.05) is 58.9 Å². The van der Waals surface area contributed by atoms with Gasteiger partial charge >= 0.3 is 0 Å². The fourth-order valence-corrected chi connectivity index (χ4v) is 6.11. The number of likely N-dealkylation sites (tertiary alicyclic amines) is 1. The molecule has 0 bridgehead atoms. The molecule has 2 N–H and O–H groups in total. The van der Waals surface area contributed by atoms with Crippen LogP contribution in [0.5, 0.6) is 0 Å². The van der Waals surface area contributed by atoms with Crippen LogP contribution in [-0.2, 0) is 4.79 Å². The highest BCUT2D eigenvalue weighted by Crippen LogP contribution is 2.31. The molecule has 8 nitrogen and oxygen atoms in total. The largest absolute Gasteiger partial charge is 0.357 e. The quantitative estimate of drug-likeness (QED) is 0.426. The molecule has 2 aromatic carbocycles. The van der Waals surface area contributed by atoms with E-state index in [4.69, 9.17) is 23.2 Å². The van der Waals surface area contributed by atoms with Crippen LogP contribution in [0.3, 0.4) is 0 Å². The Hall–Kier alpha value is -3.33. The van der Waals surface area contributed by atoms with E-state index in [0.29, 0.717) is 54.0 Å². The number of carbonyl (C=O) groups is 3. The molecule has 3 heterocycles. The first-order chi connectivity index (χ1) is 19.7. The Morgan fingerprint density at radius 1 is 0.878 bits per heavy atom. The van der Waals surface area contributed by atoms with Crippen LogP contribution < -0.4 is 5.32 Å². The summed E-state index contributed by atoms with van der Waals surface area (Å²) in [4.78, 5) is 48.2. The molecule has 1 unspecified atom stereocenters. The molecular weight excluding hydrogens is 561 g/mol. The van der Waals surface area contributed by atoms with Crippen molar-refractivity contribution in [1.82, 2.24) is 25.0 Å². The number of aromatic amines is 1. The monoisotopic (exact) mass is 595 g/mol. The molecule has 1 atom stereocenters. The zero-order chi connectivity index (χ0) is 29.1. The summed E-state index contributed by atoms with van der Waals surface area (Å²) in [5.74, 6) is -0.0839. The van der Waals surface area contributed by atoms with E-state index in [-0.39, 0.29) is 36.3 Å². The van der Waals surface area contributed by atoms with E-state index in [0.717, 1.165) is 29.5 Å². The molecule has 41 heavy (non-hydrogen) atoms. The van der Waals surface area contributed by atoms with Gasteiger partial charge in [0.1, 0.15) is 5.69 Å². The lowest BCUT2D eigenvalue weighted by molar-refractivity contribution is -0.135. The number of aryl methyl sites for hydroxylation is 2. The smallest absolute Gasteiger partial charge is 0.270 e. The number of piperazine rings is 1. The maximum atomic E-state index is 13.6. The van der Waals surface area contributed by atoms with E-state index < -0.39 is 0 Å². The van der Waals surface area contributed by atoms with Gasteiger partial charge < -0.3 is 25.0 Å². The predicted molar refractivity (Wildman–Crippen MR) is 160 cm³/mol. The van der Waals surface area contributed by atoms with Crippen LogP contribution in [0.4, 0.5) is 0 Å². The van der Waals surface area contributed by atoms with Crippen molar-refractivity contribution < 1.29 is 14.4 Å². The van der Waals surface area contributed by atoms with Crippen LogP contribution in [0.15, 0.2) is 54.7 Å². The summed E-state index contributed by atoms with van der Waals surface area (Å²) >= 11 is 12.5. The standard InChI is InChI=1S/C31H35Cl2N5O3/c1-20-14-21(2)16-23(15-20)30(40)37-12-13-38(28(19-37)22-5-6-25(32)26(33)17-22)29(39)18-35-24-7-10-36(11-8-24)31(41)27-4-3-9-34-27/h3-6,9,14-17,24,28,34-35H,7-8,10-13,18-19H2,1-2H3.